The number of carbonyl (C=O) groups is 1. The van der Waals surface area contributed by atoms with Gasteiger partial charge in [-0.15, -0.1) is 0 Å². The zero-order chi connectivity index (χ0) is 18.8. The van der Waals surface area contributed by atoms with Crippen LogP contribution < -0.4 is 4.74 Å². The molecule has 2 aromatic carbocycles. The summed E-state index contributed by atoms with van der Waals surface area (Å²) in [6, 6.07) is 13.7. The maximum atomic E-state index is 12.5. The second-order valence-electron chi connectivity index (χ2n) is 6.81. The largest absolute Gasteiger partial charge is 0.457 e. The lowest BCUT2D eigenvalue weighted by Gasteiger charge is -2.09. The molecule has 0 spiro atoms. The Balaban J connectivity index is 1.70. The highest BCUT2D eigenvalue weighted by Gasteiger charge is 2.20. The van der Waals surface area contributed by atoms with E-state index >= 15 is 0 Å². The van der Waals surface area contributed by atoms with Crippen LogP contribution in [0.1, 0.15) is 23.1 Å². The first-order chi connectivity index (χ1) is 13.1. The number of ketones is 1. The Bertz CT molecular complexity index is 1090. The molecular weight excluding hydrogens is 334 g/mol. The first-order valence-corrected chi connectivity index (χ1v) is 8.94. The molecule has 0 N–H and O–H groups in total. The molecule has 1 aliphatic carbocycles. The van der Waals surface area contributed by atoms with Gasteiger partial charge in [0.15, 0.2) is 0 Å². The van der Waals surface area contributed by atoms with Gasteiger partial charge in [0.1, 0.15) is 17.3 Å². The molecule has 0 saturated carbocycles. The van der Waals surface area contributed by atoms with E-state index in [1.54, 1.807) is 6.08 Å². The SMILES string of the molecule is Cc1cc2c(cc1C)N=C(C1=C=C=CC(Oc3ccccc3)=C1)CC(=O)C2. The number of aryl methyl sites for hydroxylation is 2. The summed E-state index contributed by atoms with van der Waals surface area (Å²) >= 11 is 0. The summed E-state index contributed by atoms with van der Waals surface area (Å²) in [5.41, 5.74) is 11.7. The van der Waals surface area contributed by atoms with Gasteiger partial charge in [-0.1, -0.05) is 35.7 Å². The van der Waals surface area contributed by atoms with Crippen molar-refractivity contribution in [2.75, 3.05) is 0 Å². The predicted molar refractivity (Wildman–Crippen MR) is 107 cm³/mol. The van der Waals surface area contributed by atoms with Crippen LogP contribution in [0.15, 0.2) is 82.4 Å². The van der Waals surface area contributed by atoms with E-state index in [-0.39, 0.29) is 12.2 Å². The van der Waals surface area contributed by atoms with Crippen molar-refractivity contribution in [1.82, 2.24) is 0 Å². The summed E-state index contributed by atoms with van der Waals surface area (Å²) in [7, 11) is 0. The molecule has 3 heteroatoms. The number of benzene rings is 2. The topological polar surface area (TPSA) is 38.7 Å². The predicted octanol–water partition coefficient (Wildman–Crippen LogP) is 5.10. The highest BCUT2D eigenvalue weighted by molar-refractivity contribution is 6.14. The van der Waals surface area contributed by atoms with E-state index < -0.39 is 0 Å². The van der Waals surface area contributed by atoms with Gasteiger partial charge in [0.25, 0.3) is 0 Å². The fraction of sp³-hybridized carbons (Fsp3) is 0.167. The Kier molecular flexibility index (Phi) is 4.48. The summed E-state index contributed by atoms with van der Waals surface area (Å²) in [6.45, 7) is 4.12. The van der Waals surface area contributed by atoms with Gasteiger partial charge in [0, 0.05) is 12.5 Å². The van der Waals surface area contributed by atoms with Gasteiger partial charge in [0.05, 0.1) is 23.4 Å². The molecule has 132 valence electrons. The van der Waals surface area contributed by atoms with Gasteiger partial charge in [0.2, 0.25) is 0 Å². The number of Topliss-reactive ketones (excluding diaryl/α,β-unsaturated/α-hetero) is 1. The molecule has 0 radical (unpaired) electrons. The minimum absolute atomic E-state index is 0.151. The highest BCUT2D eigenvalue weighted by Crippen LogP contribution is 2.29. The first kappa shape index (κ1) is 17.1. The molecule has 2 aromatic rings. The van der Waals surface area contributed by atoms with E-state index in [0.717, 1.165) is 22.6 Å². The van der Waals surface area contributed by atoms with Gasteiger partial charge in [-0.2, -0.15) is 0 Å². The summed E-state index contributed by atoms with van der Waals surface area (Å²) in [5.74, 6) is 1.55. The average molecular weight is 353 g/mol. The Labute approximate surface area is 158 Å². The summed E-state index contributed by atoms with van der Waals surface area (Å²) in [5, 5.41) is 0. The minimum Gasteiger partial charge on any atom is -0.457 e. The average Bonchev–Trinajstić information content (AvgIpc) is 2.81. The van der Waals surface area contributed by atoms with Crippen LogP contribution in [-0.4, -0.2) is 11.5 Å². The van der Waals surface area contributed by atoms with Crippen molar-refractivity contribution in [2.24, 2.45) is 4.99 Å². The van der Waals surface area contributed by atoms with E-state index in [1.165, 1.54) is 11.1 Å². The standard InChI is InChI=1S/C24H19NO2/c1-16-11-19-13-20(26)15-24(25-23(19)12-17(16)2)18-7-6-10-22(14-18)27-21-8-4-3-5-9-21/h3-5,8-12,14H,13,15H2,1-2H3. The highest BCUT2D eigenvalue weighted by atomic mass is 16.5. The second-order valence-corrected chi connectivity index (χ2v) is 6.81. The molecule has 1 heterocycles. The van der Waals surface area contributed by atoms with Gasteiger partial charge >= 0.3 is 0 Å². The molecule has 3 nitrogen and oxygen atoms in total. The van der Waals surface area contributed by atoms with Crippen LogP contribution in [0.3, 0.4) is 0 Å². The number of allylic oxidation sites excluding steroid dienone is 3. The van der Waals surface area contributed by atoms with Crippen LogP contribution >= 0.6 is 0 Å². The third-order valence-electron chi connectivity index (χ3n) is 4.70. The monoisotopic (exact) mass is 353 g/mol. The minimum atomic E-state index is 0.151. The molecule has 0 unspecified atom stereocenters. The van der Waals surface area contributed by atoms with Crippen molar-refractivity contribution < 1.29 is 9.53 Å². The fourth-order valence-corrected chi connectivity index (χ4v) is 3.15. The summed E-state index contributed by atoms with van der Waals surface area (Å²) in [4.78, 5) is 17.3. The van der Waals surface area contributed by atoms with Crippen LogP contribution in [0.2, 0.25) is 0 Å². The molecular formula is C24H19NO2. The lowest BCUT2D eigenvalue weighted by molar-refractivity contribution is -0.117. The zero-order valence-corrected chi connectivity index (χ0v) is 15.4. The van der Waals surface area contributed by atoms with E-state index in [4.69, 9.17) is 9.73 Å². The van der Waals surface area contributed by atoms with Crippen molar-refractivity contribution in [3.05, 3.63) is 94.1 Å². The van der Waals surface area contributed by atoms with Crippen LogP contribution in [-0.2, 0) is 11.2 Å². The van der Waals surface area contributed by atoms with E-state index in [2.05, 4.69) is 37.4 Å². The molecule has 27 heavy (non-hydrogen) atoms. The first-order valence-electron chi connectivity index (χ1n) is 8.94. The van der Waals surface area contributed by atoms with E-state index in [1.807, 2.05) is 36.4 Å². The smallest absolute Gasteiger partial charge is 0.143 e. The van der Waals surface area contributed by atoms with Crippen molar-refractivity contribution in [3.63, 3.8) is 0 Å². The molecule has 0 bridgehead atoms. The Morgan fingerprint density at radius 3 is 2.63 bits per heavy atom. The molecule has 2 aliphatic rings. The number of nitrogens with zero attached hydrogens (tertiary/aromatic N) is 1. The van der Waals surface area contributed by atoms with Crippen molar-refractivity contribution in [3.8, 4) is 5.75 Å². The van der Waals surface area contributed by atoms with Crippen LogP contribution in [0.25, 0.3) is 0 Å². The Morgan fingerprint density at radius 1 is 1.04 bits per heavy atom. The molecule has 0 saturated heterocycles. The van der Waals surface area contributed by atoms with E-state index in [9.17, 15) is 4.79 Å². The summed E-state index contributed by atoms with van der Waals surface area (Å²) < 4.78 is 5.88. The fourth-order valence-electron chi connectivity index (χ4n) is 3.15. The number of hydrogen-bond donors (Lipinski definition) is 0. The third kappa shape index (κ3) is 3.75. The van der Waals surface area contributed by atoms with Crippen molar-refractivity contribution in [1.29, 1.82) is 0 Å². The Hall–Kier alpha value is -3.38. The van der Waals surface area contributed by atoms with E-state index in [0.29, 0.717) is 17.9 Å². The van der Waals surface area contributed by atoms with Crippen LogP contribution in [0.5, 0.6) is 5.75 Å². The number of rotatable bonds is 3. The van der Waals surface area contributed by atoms with Gasteiger partial charge in [-0.3, -0.25) is 9.79 Å². The quantitative estimate of drug-likeness (QED) is 0.720. The van der Waals surface area contributed by atoms with Crippen molar-refractivity contribution in [2.45, 2.75) is 26.7 Å². The third-order valence-corrected chi connectivity index (χ3v) is 4.70. The van der Waals surface area contributed by atoms with Crippen LogP contribution in [0.4, 0.5) is 5.69 Å². The molecule has 0 aromatic heterocycles. The lowest BCUT2D eigenvalue weighted by Crippen LogP contribution is -2.10. The number of fused-ring (bicyclic) bond motifs is 1. The lowest BCUT2D eigenvalue weighted by atomic mass is 9.99. The molecule has 0 atom stereocenters. The Morgan fingerprint density at radius 2 is 1.81 bits per heavy atom. The normalized spacial score (nSPS) is 15.5. The van der Waals surface area contributed by atoms with Crippen molar-refractivity contribution >= 4 is 17.2 Å². The summed E-state index contributed by atoms with van der Waals surface area (Å²) in [6.07, 6.45) is 4.29. The van der Waals surface area contributed by atoms with Gasteiger partial charge in [-0.25, -0.2) is 0 Å². The second kappa shape index (κ2) is 7.09. The van der Waals surface area contributed by atoms with Gasteiger partial charge < -0.3 is 4.74 Å². The number of carbonyl (C=O) groups excluding carboxylic acids is 1. The zero-order valence-electron chi connectivity index (χ0n) is 15.4. The van der Waals surface area contributed by atoms with Crippen LogP contribution in [0, 0.1) is 13.8 Å². The maximum absolute atomic E-state index is 12.5. The maximum Gasteiger partial charge on any atom is 0.143 e. The number of ether oxygens (including phenoxy) is 1. The number of hydrogen-bond acceptors (Lipinski definition) is 3. The van der Waals surface area contributed by atoms with Gasteiger partial charge in [-0.05, 0) is 54.8 Å². The number of aliphatic imine (C=N–C) groups is 1. The molecule has 0 fully saturated rings. The molecule has 0 amide bonds. The number of para-hydroxylation sites is 1. The molecule has 4 rings (SSSR count). The molecule has 1 aliphatic heterocycles.